The van der Waals surface area contributed by atoms with Crippen LogP contribution < -0.4 is 9.64 Å². The lowest BCUT2D eigenvalue weighted by molar-refractivity contribution is -0.274. The van der Waals surface area contributed by atoms with Gasteiger partial charge in [0.15, 0.2) is 0 Å². The van der Waals surface area contributed by atoms with E-state index in [-0.39, 0.29) is 5.75 Å². The Morgan fingerprint density at radius 3 is 2.26 bits per heavy atom. The number of hydrogen-bond donors (Lipinski definition) is 0. The molecule has 0 bridgehead atoms. The van der Waals surface area contributed by atoms with Crippen LogP contribution in [0.3, 0.4) is 0 Å². The van der Waals surface area contributed by atoms with Crippen LogP contribution in [0.25, 0.3) is 0 Å². The minimum absolute atomic E-state index is 0.193. The number of rotatable bonds is 7. The smallest absolute Gasteiger partial charge is 0.406 e. The number of alkyl halides is 3. The van der Waals surface area contributed by atoms with Crippen LogP contribution >= 0.6 is 0 Å². The van der Waals surface area contributed by atoms with E-state index < -0.39 is 6.36 Å². The molecule has 0 spiro atoms. The van der Waals surface area contributed by atoms with Gasteiger partial charge in [0.2, 0.25) is 0 Å². The van der Waals surface area contributed by atoms with Crippen molar-refractivity contribution in [3.8, 4) is 5.75 Å². The van der Waals surface area contributed by atoms with Crippen molar-refractivity contribution in [1.29, 1.82) is 0 Å². The zero-order valence-electron chi connectivity index (χ0n) is 11.0. The highest BCUT2D eigenvalue weighted by molar-refractivity contribution is 5.48. The van der Waals surface area contributed by atoms with Crippen LogP contribution in [0, 0.1) is 6.92 Å². The Bertz CT molecular complexity index is 362. The van der Waals surface area contributed by atoms with Gasteiger partial charge >= 0.3 is 6.36 Å². The highest BCUT2D eigenvalue weighted by Crippen LogP contribution is 2.25. The number of benzene rings is 1. The number of halogens is 3. The van der Waals surface area contributed by atoms with Crippen LogP contribution in [0.5, 0.6) is 5.75 Å². The largest absolute Gasteiger partial charge is 0.573 e. The average molecular weight is 274 g/mol. The van der Waals surface area contributed by atoms with E-state index in [1.54, 1.807) is 12.1 Å². The van der Waals surface area contributed by atoms with Crippen LogP contribution in [0.4, 0.5) is 18.9 Å². The zero-order valence-corrected chi connectivity index (χ0v) is 11.0. The lowest BCUT2D eigenvalue weighted by atomic mass is 10.2. The molecule has 5 heteroatoms. The van der Waals surface area contributed by atoms with E-state index in [0.29, 0.717) is 0 Å². The van der Waals surface area contributed by atoms with Gasteiger partial charge in [0, 0.05) is 19.3 Å². The predicted octanol–water partition coefficient (Wildman–Crippen LogP) is 4.42. The number of anilines is 1. The zero-order chi connectivity index (χ0) is 14.3. The summed E-state index contributed by atoms with van der Waals surface area (Å²) in [6.07, 6.45) is -0.434. The number of nitrogens with zero attached hydrogens (tertiary/aromatic N) is 1. The van der Waals surface area contributed by atoms with Crippen LogP contribution in [-0.4, -0.2) is 20.0 Å². The molecule has 0 aliphatic carbocycles. The standard InChI is InChI=1S/C14H19F3NO/c1-3-4-5-6-11-18(2)12-7-9-13(10-8-12)19-14(15,16)17/h7-10H,1,3-6,11H2,2H3. The molecular weight excluding hydrogens is 255 g/mol. The molecule has 0 atom stereocenters. The van der Waals surface area contributed by atoms with Gasteiger partial charge in [-0.3, -0.25) is 0 Å². The van der Waals surface area contributed by atoms with E-state index in [1.165, 1.54) is 12.1 Å². The van der Waals surface area contributed by atoms with Crippen molar-refractivity contribution in [1.82, 2.24) is 0 Å². The second kappa shape index (κ2) is 7.26. The summed E-state index contributed by atoms with van der Waals surface area (Å²) >= 11 is 0. The maximum absolute atomic E-state index is 12.0. The van der Waals surface area contributed by atoms with Gasteiger partial charge in [0.1, 0.15) is 5.75 Å². The summed E-state index contributed by atoms with van der Waals surface area (Å²) in [5.74, 6) is -0.193. The highest BCUT2D eigenvalue weighted by Gasteiger charge is 2.30. The Kier molecular flexibility index (Phi) is 5.99. The van der Waals surface area contributed by atoms with Gasteiger partial charge in [-0.15, -0.1) is 13.2 Å². The molecule has 0 saturated carbocycles. The summed E-state index contributed by atoms with van der Waals surface area (Å²) < 4.78 is 39.8. The van der Waals surface area contributed by atoms with Gasteiger partial charge < -0.3 is 9.64 Å². The van der Waals surface area contributed by atoms with Crippen LogP contribution in [-0.2, 0) is 0 Å². The molecule has 0 amide bonds. The number of hydrogen-bond acceptors (Lipinski definition) is 2. The van der Waals surface area contributed by atoms with Crippen molar-refractivity contribution in [2.45, 2.75) is 32.0 Å². The van der Waals surface area contributed by atoms with Crippen LogP contribution in [0.2, 0.25) is 0 Å². The molecule has 0 aliphatic rings. The molecule has 1 aromatic rings. The van der Waals surface area contributed by atoms with E-state index in [2.05, 4.69) is 11.7 Å². The van der Waals surface area contributed by atoms with Crippen molar-refractivity contribution >= 4 is 5.69 Å². The summed E-state index contributed by atoms with van der Waals surface area (Å²) in [7, 11) is 1.92. The normalized spacial score (nSPS) is 11.4. The molecule has 19 heavy (non-hydrogen) atoms. The Balaban J connectivity index is 2.46. The first kappa shape index (κ1) is 15.7. The molecule has 1 aromatic carbocycles. The molecule has 2 nitrogen and oxygen atoms in total. The van der Waals surface area contributed by atoms with E-state index in [1.807, 2.05) is 11.9 Å². The summed E-state index contributed by atoms with van der Waals surface area (Å²) in [6, 6.07) is 5.91. The fraction of sp³-hybridized carbons (Fsp3) is 0.500. The third-order valence-electron chi connectivity index (χ3n) is 2.75. The van der Waals surface area contributed by atoms with Crippen molar-refractivity contribution in [2.24, 2.45) is 0 Å². The first-order chi connectivity index (χ1) is 8.92. The van der Waals surface area contributed by atoms with Crippen LogP contribution in [0.1, 0.15) is 25.7 Å². The number of unbranched alkanes of at least 4 members (excludes halogenated alkanes) is 3. The molecule has 0 unspecified atom stereocenters. The molecule has 0 aromatic heterocycles. The second-order valence-corrected chi connectivity index (χ2v) is 4.38. The monoisotopic (exact) mass is 274 g/mol. The van der Waals surface area contributed by atoms with Gasteiger partial charge in [0.25, 0.3) is 0 Å². The maximum atomic E-state index is 12.0. The Morgan fingerprint density at radius 2 is 1.74 bits per heavy atom. The minimum Gasteiger partial charge on any atom is -0.406 e. The fourth-order valence-corrected chi connectivity index (χ4v) is 1.73. The Morgan fingerprint density at radius 1 is 1.11 bits per heavy atom. The Labute approximate surface area is 112 Å². The minimum atomic E-state index is -4.64. The first-order valence-electron chi connectivity index (χ1n) is 6.28. The molecule has 0 fully saturated rings. The second-order valence-electron chi connectivity index (χ2n) is 4.38. The van der Waals surface area contributed by atoms with E-state index >= 15 is 0 Å². The molecule has 107 valence electrons. The summed E-state index contributed by atoms with van der Waals surface area (Å²) in [5.41, 5.74) is 0.879. The quantitative estimate of drug-likeness (QED) is 0.683. The number of ether oxygens (including phenoxy) is 1. The molecule has 0 heterocycles. The summed E-state index contributed by atoms with van der Waals surface area (Å²) in [6.45, 7) is 4.65. The lowest BCUT2D eigenvalue weighted by Crippen LogP contribution is -2.19. The SMILES string of the molecule is [CH2]CCCCCN(C)c1ccc(OC(F)(F)F)cc1. The fourth-order valence-electron chi connectivity index (χ4n) is 1.73. The molecule has 1 rings (SSSR count). The van der Waals surface area contributed by atoms with E-state index in [4.69, 9.17) is 0 Å². The molecule has 1 radical (unpaired) electrons. The Hall–Kier alpha value is -1.39. The molecule has 0 saturated heterocycles. The van der Waals surface area contributed by atoms with Crippen LogP contribution in [0.15, 0.2) is 24.3 Å². The van der Waals surface area contributed by atoms with Crippen molar-refractivity contribution in [3.05, 3.63) is 31.2 Å². The van der Waals surface area contributed by atoms with Crippen molar-refractivity contribution < 1.29 is 17.9 Å². The van der Waals surface area contributed by atoms with E-state index in [9.17, 15) is 13.2 Å². The first-order valence-corrected chi connectivity index (χ1v) is 6.28. The van der Waals surface area contributed by atoms with Gasteiger partial charge in [0.05, 0.1) is 0 Å². The van der Waals surface area contributed by atoms with Gasteiger partial charge in [-0.25, -0.2) is 0 Å². The topological polar surface area (TPSA) is 12.5 Å². The average Bonchev–Trinajstić information content (AvgIpc) is 2.33. The molecule has 0 aliphatic heterocycles. The predicted molar refractivity (Wildman–Crippen MR) is 70.2 cm³/mol. The maximum Gasteiger partial charge on any atom is 0.573 e. The highest BCUT2D eigenvalue weighted by atomic mass is 19.4. The van der Waals surface area contributed by atoms with Crippen molar-refractivity contribution in [3.63, 3.8) is 0 Å². The van der Waals surface area contributed by atoms with Gasteiger partial charge in [-0.05, 0) is 30.7 Å². The molecule has 0 N–H and O–H groups in total. The van der Waals surface area contributed by atoms with E-state index in [0.717, 1.165) is 37.9 Å². The summed E-state index contributed by atoms with van der Waals surface area (Å²) in [4.78, 5) is 2.01. The van der Waals surface area contributed by atoms with Gasteiger partial charge in [-0.2, -0.15) is 0 Å². The summed E-state index contributed by atoms with van der Waals surface area (Å²) in [5, 5.41) is 0. The lowest BCUT2D eigenvalue weighted by Gasteiger charge is -2.19. The van der Waals surface area contributed by atoms with Gasteiger partial charge in [-0.1, -0.05) is 26.2 Å². The third-order valence-corrected chi connectivity index (χ3v) is 2.75. The third kappa shape index (κ3) is 6.36. The van der Waals surface area contributed by atoms with Crippen molar-refractivity contribution in [2.75, 3.05) is 18.5 Å². The molecular formula is C14H19F3NO.